The molecule has 0 atom stereocenters. The van der Waals surface area contributed by atoms with E-state index >= 15 is 0 Å². The third-order valence-electron chi connectivity index (χ3n) is 1.82. The van der Waals surface area contributed by atoms with E-state index in [1.54, 1.807) is 6.07 Å². The summed E-state index contributed by atoms with van der Waals surface area (Å²) in [5.41, 5.74) is 0.894. The van der Waals surface area contributed by atoms with Crippen molar-refractivity contribution in [3.8, 4) is 0 Å². The van der Waals surface area contributed by atoms with Gasteiger partial charge < -0.3 is 0 Å². The van der Waals surface area contributed by atoms with Crippen LogP contribution in [0.1, 0.15) is 19.0 Å². The quantitative estimate of drug-likeness (QED) is 0.750. The van der Waals surface area contributed by atoms with Gasteiger partial charge in [0, 0.05) is 17.6 Å². The molecule has 0 bridgehead atoms. The number of aromatic amines is 1. The van der Waals surface area contributed by atoms with Gasteiger partial charge in [-0.1, -0.05) is 6.92 Å². The number of sulfonamides is 1. The number of hydrogen-bond acceptors (Lipinski definition) is 3. The smallest absolute Gasteiger partial charge is 0.233 e. The predicted molar refractivity (Wildman–Crippen MR) is 60.7 cm³/mol. The van der Waals surface area contributed by atoms with Gasteiger partial charge in [0.05, 0.1) is 5.75 Å². The average Bonchev–Trinajstić information content (AvgIpc) is 2.62. The topological polar surface area (TPSA) is 74.8 Å². The maximum atomic E-state index is 11.4. The van der Waals surface area contributed by atoms with Gasteiger partial charge in [0.25, 0.3) is 0 Å². The molecule has 15 heavy (non-hydrogen) atoms. The maximum absolute atomic E-state index is 11.4. The molecule has 0 fully saturated rings. The summed E-state index contributed by atoms with van der Waals surface area (Å²) in [5.74, 6) is 0.688. The molecule has 86 valence electrons. The molecule has 1 rings (SSSR count). The summed E-state index contributed by atoms with van der Waals surface area (Å²) in [6.45, 7) is 1.96. The number of aryl methyl sites for hydroxylation is 1. The van der Waals surface area contributed by atoms with Crippen LogP contribution in [0.25, 0.3) is 0 Å². The number of alkyl halides is 1. The number of aromatic nitrogens is 2. The van der Waals surface area contributed by atoms with E-state index in [9.17, 15) is 8.42 Å². The zero-order chi connectivity index (χ0) is 11.3. The highest BCUT2D eigenvalue weighted by Gasteiger charge is 2.11. The number of nitrogens with one attached hydrogen (secondary N) is 2. The Morgan fingerprint density at radius 3 is 2.87 bits per heavy atom. The SMILES string of the molecule is CCc1cc(NS(=O)(=O)CCCCl)n[nH]1. The molecule has 2 N–H and O–H groups in total. The van der Waals surface area contributed by atoms with Crippen molar-refractivity contribution in [2.45, 2.75) is 19.8 Å². The molecule has 0 aliphatic carbocycles. The van der Waals surface area contributed by atoms with Crippen molar-refractivity contribution in [1.82, 2.24) is 10.2 Å². The summed E-state index contributed by atoms with van der Waals surface area (Å²) in [4.78, 5) is 0. The van der Waals surface area contributed by atoms with Crippen LogP contribution in [-0.2, 0) is 16.4 Å². The van der Waals surface area contributed by atoms with Crippen molar-refractivity contribution in [2.75, 3.05) is 16.4 Å². The lowest BCUT2D eigenvalue weighted by Gasteiger charge is -2.02. The van der Waals surface area contributed by atoms with E-state index < -0.39 is 10.0 Å². The Bertz CT molecular complexity index is 402. The maximum Gasteiger partial charge on any atom is 0.233 e. The van der Waals surface area contributed by atoms with Gasteiger partial charge in [0.2, 0.25) is 10.0 Å². The normalized spacial score (nSPS) is 11.6. The standard InChI is InChI=1S/C8H14ClN3O2S/c1-2-7-6-8(11-10-7)12-15(13,14)5-3-4-9/h6H,2-5H2,1H3,(H2,10,11,12). The average molecular weight is 252 g/mol. The van der Waals surface area contributed by atoms with Gasteiger partial charge >= 0.3 is 0 Å². The Morgan fingerprint density at radius 1 is 1.60 bits per heavy atom. The molecule has 0 aromatic carbocycles. The third kappa shape index (κ3) is 4.09. The van der Waals surface area contributed by atoms with Crippen LogP contribution in [0.3, 0.4) is 0 Å². The highest BCUT2D eigenvalue weighted by atomic mass is 35.5. The van der Waals surface area contributed by atoms with Gasteiger partial charge in [-0.2, -0.15) is 5.10 Å². The molecule has 1 aromatic heterocycles. The molecule has 0 radical (unpaired) electrons. The van der Waals surface area contributed by atoms with Crippen LogP contribution in [0.15, 0.2) is 6.07 Å². The van der Waals surface area contributed by atoms with E-state index in [1.165, 1.54) is 0 Å². The summed E-state index contributed by atoms with van der Waals surface area (Å²) < 4.78 is 25.2. The number of rotatable bonds is 6. The highest BCUT2D eigenvalue weighted by Crippen LogP contribution is 2.08. The van der Waals surface area contributed by atoms with Crippen LogP contribution >= 0.6 is 11.6 Å². The fourth-order valence-electron chi connectivity index (χ4n) is 1.05. The first kappa shape index (κ1) is 12.3. The summed E-state index contributed by atoms with van der Waals surface area (Å²) in [5, 5.41) is 6.56. The molecule has 0 spiro atoms. The number of H-pyrrole nitrogens is 1. The predicted octanol–water partition coefficient (Wildman–Crippen LogP) is 1.34. The largest absolute Gasteiger partial charge is 0.280 e. The van der Waals surface area contributed by atoms with Gasteiger partial charge in [0.1, 0.15) is 0 Å². The van der Waals surface area contributed by atoms with Gasteiger partial charge in [-0.05, 0) is 12.8 Å². The van der Waals surface area contributed by atoms with E-state index in [-0.39, 0.29) is 5.75 Å². The van der Waals surface area contributed by atoms with E-state index in [2.05, 4.69) is 14.9 Å². The van der Waals surface area contributed by atoms with Gasteiger partial charge in [-0.3, -0.25) is 9.82 Å². The van der Waals surface area contributed by atoms with E-state index in [4.69, 9.17) is 11.6 Å². The molecule has 0 aliphatic rings. The van der Waals surface area contributed by atoms with Gasteiger partial charge in [0.15, 0.2) is 5.82 Å². The summed E-state index contributed by atoms with van der Waals surface area (Å²) in [6, 6.07) is 1.68. The Labute approximate surface area is 94.3 Å². The highest BCUT2D eigenvalue weighted by molar-refractivity contribution is 7.92. The van der Waals surface area contributed by atoms with E-state index in [0.717, 1.165) is 12.1 Å². The summed E-state index contributed by atoms with van der Waals surface area (Å²) in [7, 11) is -3.31. The lowest BCUT2D eigenvalue weighted by Crippen LogP contribution is -2.17. The van der Waals surface area contributed by atoms with Gasteiger partial charge in [-0.15, -0.1) is 11.6 Å². The summed E-state index contributed by atoms with van der Waals surface area (Å²) >= 11 is 5.42. The number of hydrogen-bond donors (Lipinski definition) is 2. The fraction of sp³-hybridized carbons (Fsp3) is 0.625. The van der Waals surface area contributed by atoms with Crippen LogP contribution in [0.2, 0.25) is 0 Å². The molecular formula is C8H14ClN3O2S. The third-order valence-corrected chi connectivity index (χ3v) is 3.43. The Balaban J connectivity index is 2.60. The summed E-state index contributed by atoms with van der Waals surface area (Å²) in [6.07, 6.45) is 1.22. The molecule has 0 amide bonds. The minimum atomic E-state index is -3.31. The van der Waals surface area contributed by atoms with Crippen LogP contribution in [0, 0.1) is 0 Å². The molecule has 5 nitrogen and oxygen atoms in total. The van der Waals surface area contributed by atoms with Crippen molar-refractivity contribution in [3.63, 3.8) is 0 Å². The van der Waals surface area contributed by atoms with Crippen molar-refractivity contribution < 1.29 is 8.42 Å². The van der Waals surface area contributed by atoms with Crippen molar-refractivity contribution >= 4 is 27.4 Å². The van der Waals surface area contributed by atoms with E-state index in [0.29, 0.717) is 18.1 Å². The second-order valence-corrected chi connectivity index (χ2v) is 5.32. The van der Waals surface area contributed by atoms with Crippen LogP contribution < -0.4 is 4.72 Å². The van der Waals surface area contributed by atoms with Crippen molar-refractivity contribution in [2.24, 2.45) is 0 Å². The van der Waals surface area contributed by atoms with Gasteiger partial charge in [-0.25, -0.2) is 8.42 Å². The molecular weight excluding hydrogens is 238 g/mol. The second-order valence-electron chi connectivity index (χ2n) is 3.10. The molecule has 0 unspecified atom stereocenters. The minimum Gasteiger partial charge on any atom is -0.280 e. The Morgan fingerprint density at radius 2 is 2.33 bits per heavy atom. The Kier molecular flexibility index (Phi) is 4.41. The van der Waals surface area contributed by atoms with Crippen molar-refractivity contribution in [3.05, 3.63) is 11.8 Å². The molecule has 1 heterocycles. The number of anilines is 1. The first-order chi connectivity index (χ1) is 7.07. The molecule has 0 saturated heterocycles. The monoisotopic (exact) mass is 251 g/mol. The molecule has 1 aromatic rings. The first-order valence-corrected chi connectivity index (χ1v) is 6.87. The molecule has 0 saturated carbocycles. The number of nitrogens with zero attached hydrogens (tertiary/aromatic N) is 1. The van der Waals surface area contributed by atoms with E-state index in [1.807, 2.05) is 6.92 Å². The number of halogens is 1. The fourth-order valence-corrected chi connectivity index (χ4v) is 2.39. The lowest BCUT2D eigenvalue weighted by molar-refractivity contribution is 0.600. The first-order valence-electron chi connectivity index (χ1n) is 4.68. The molecule has 7 heteroatoms. The minimum absolute atomic E-state index is 0.0187. The zero-order valence-corrected chi connectivity index (χ0v) is 10.0. The lowest BCUT2D eigenvalue weighted by atomic mass is 10.3. The zero-order valence-electron chi connectivity index (χ0n) is 8.46. The van der Waals surface area contributed by atoms with Crippen LogP contribution in [0.4, 0.5) is 5.82 Å². The van der Waals surface area contributed by atoms with Crippen LogP contribution in [0.5, 0.6) is 0 Å². The second kappa shape index (κ2) is 5.37. The van der Waals surface area contributed by atoms with Crippen LogP contribution in [-0.4, -0.2) is 30.2 Å². The Hall–Kier alpha value is -0.750. The van der Waals surface area contributed by atoms with Crippen molar-refractivity contribution in [1.29, 1.82) is 0 Å². The molecule has 0 aliphatic heterocycles.